The van der Waals surface area contributed by atoms with Gasteiger partial charge in [0.15, 0.2) is 18.9 Å². The van der Waals surface area contributed by atoms with Crippen LogP contribution in [0.3, 0.4) is 0 Å². The van der Waals surface area contributed by atoms with Crippen molar-refractivity contribution < 1.29 is 69.3 Å². The Balaban J connectivity index is 1.50. The Morgan fingerprint density at radius 2 is 1.00 bits per heavy atom. The normalized spacial score (nSPS) is 53.8. The van der Waals surface area contributed by atoms with Crippen LogP contribution in [0.1, 0.15) is 6.42 Å². The molecule has 4 rings (SSSR count). The van der Waals surface area contributed by atoms with Crippen LogP contribution in [0.25, 0.3) is 0 Å². The molecule has 4 fully saturated rings. The molecule has 1 aliphatic carbocycles. The summed E-state index contributed by atoms with van der Waals surface area (Å²) in [7, 11) is 0. The van der Waals surface area contributed by atoms with E-state index in [0.29, 0.717) is 0 Å². The molecule has 18 N–H and O–H groups in total. The van der Waals surface area contributed by atoms with E-state index in [9.17, 15) is 40.9 Å². The smallest absolute Gasteiger partial charge is 0.187 e. The van der Waals surface area contributed by atoms with Crippen LogP contribution in [0.2, 0.25) is 0 Å². The van der Waals surface area contributed by atoms with Gasteiger partial charge in [0, 0.05) is 18.6 Å². The first-order valence-electron chi connectivity index (χ1n) is 13.8. The van der Waals surface area contributed by atoms with Gasteiger partial charge in [0.2, 0.25) is 0 Å². The van der Waals surface area contributed by atoms with E-state index in [4.69, 9.17) is 57.1 Å². The zero-order valence-corrected chi connectivity index (χ0v) is 22.7. The van der Waals surface area contributed by atoms with Crippen molar-refractivity contribution in [3.8, 4) is 0 Å². The Kier molecular flexibility index (Phi) is 11.5. The van der Waals surface area contributed by atoms with Crippen molar-refractivity contribution in [3.05, 3.63) is 0 Å². The monoisotopic (exact) mass is 615 g/mol. The Labute approximate surface area is 240 Å². The molecule has 19 heteroatoms. The summed E-state index contributed by atoms with van der Waals surface area (Å²) < 4.78 is 34.4. The lowest BCUT2D eigenvalue weighted by Crippen LogP contribution is -2.68. The van der Waals surface area contributed by atoms with E-state index in [-0.39, 0.29) is 13.0 Å². The summed E-state index contributed by atoms with van der Waals surface area (Å²) in [5.41, 5.74) is 29.9. The fourth-order valence-electron chi connectivity index (χ4n) is 5.70. The van der Waals surface area contributed by atoms with Gasteiger partial charge in [0.05, 0.1) is 31.4 Å². The van der Waals surface area contributed by atoms with Crippen molar-refractivity contribution in [2.24, 2.45) is 28.7 Å². The number of aliphatic hydroxyl groups excluding tert-OH is 8. The van der Waals surface area contributed by atoms with Crippen molar-refractivity contribution in [2.75, 3.05) is 19.8 Å². The van der Waals surface area contributed by atoms with Crippen LogP contribution in [-0.4, -0.2) is 177 Å². The molecule has 42 heavy (non-hydrogen) atoms. The third-order valence-electron chi connectivity index (χ3n) is 8.32. The van der Waals surface area contributed by atoms with Gasteiger partial charge in [-0.1, -0.05) is 0 Å². The molecule has 3 aliphatic heterocycles. The average molecular weight is 616 g/mol. The molecule has 0 spiro atoms. The Morgan fingerprint density at radius 3 is 1.55 bits per heavy atom. The second-order valence-corrected chi connectivity index (χ2v) is 11.2. The predicted molar refractivity (Wildman–Crippen MR) is 136 cm³/mol. The molecule has 0 aromatic rings. The number of nitrogens with two attached hydrogens (primary N) is 5. The van der Waals surface area contributed by atoms with Crippen molar-refractivity contribution in [1.29, 1.82) is 0 Å². The van der Waals surface area contributed by atoms with Crippen LogP contribution < -0.4 is 28.7 Å². The molecule has 0 amide bonds. The fraction of sp³-hybridized carbons (Fsp3) is 1.00. The molecule has 19 atom stereocenters. The lowest BCUT2D eigenvalue weighted by atomic mass is 9.84. The van der Waals surface area contributed by atoms with Gasteiger partial charge in [-0.15, -0.1) is 0 Å². The van der Waals surface area contributed by atoms with Crippen LogP contribution in [0.5, 0.6) is 0 Å². The van der Waals surface area contributed by atoms with Crippen molar-refractivity contribution in [3.63, 3.8) is 0 Å². The molecule has 3 heterocycles. The van der Waals surface area contributed by atoms with E-state index < -0.39 is 129 Å². The summed E-state index contributed by atoms with van der Waals surface area (Å²) >= 11 is 0. The Morgan fingerprint density at radius 1 is 0.524 bits per heavy atom. The van der Waals surface area contributed by atoms with E-state index in [1.807, 2.05) is 0 Å². The Bertz CT molecular complexity index is 866. The fourth-order valence-corrected chi connectivity index (χ4v) is 5.70. The highest BCUT2D eigenvalue weighted by Gasteiger charge is 2.54. The van der Waals surface area contributed by atoms with E-state index in [2.05, 4.69) is 0 Å². The first kappa shape index (κ1) is 34.1. The van der Waals surface area contributed by atoms with Crippen LogP contribution in [0.4, 0.5) is 0 Å². The standard InChI is InChI=1S/C23H45N5O14/c24-2-7-13(32)15(34)10(27)21(37-7)41-19-9(4-30)39-23(17(19)36)42-20-12(31)5(25)1-6(26)18(20)40-22-11(28)16(35)14(33)8(3-29)38-22/h5-23,29-36H,1-4,24-28H2/t5?,6?,7-,8+,9+,10+,11?,12?,13?,14?,15?,16?,17?,18?,19?,20?,21?,22?,23?/m0/s1. The number of hydrogen-bond donors (Lipinski definition) is 13. The lowest BCUT2D eigenvalue weighted by molar-refractivity contribution is -0.310. The first-order chi connectivity index (χ1) is 19.8. The highest BCUT2D eigenvalue weighted by molar-refractivity contribution is 5.02. The van der Waals surface area contributed by atoms with Gasteiger partial charge in [-0.05, 0) is 6.42 Å². The third kappa shape index (κ3) is 6.60. The zero-order chi connectivity index (χ0) is 31.0. The SMILES string of the molecule is NC[C@@H]1OC(OC2C(O)C(OC3C(O)C(N)CC(N)C3OC3O[C@H](CO)C(O)C(O)C3N)O[C@@H]2CO)[C@H](N)C(O)C1O. The topological polar surface area (TPSA) is 347 Å². The van der Waals surface area contributed by atoms with Crippen LogP contribution in [0.15, 0.2) is 0 Å². The molecule has 3 saturated heterocycles. The van der Waals surface area contributed by atoms with Crippen molar-refractivity contribution >= 4 is 0 Å². The summed E-state index contributed by atoms with van der Waals surface area (Å²) in [6, 6.07) is -4.30. The largest absolute Gasteiger partial charge is 0.394 e. The molecule has 19 nitrogen and oxygen atoms in total. The second-order valence-electron chi connectivity index (χ2n) is 11.2. The molecule has 1 saturated carbocycles. The third-order valence-corrected chi connectivity index (χ3v) is 8.32. The highest BCUT2D eigenvalue weighted by atomic mass is 16.8. The Hall–Kier alpha value is -0.760. The molecule has 0 aromatic heterocycles. The summed E-state index contributed by atoms with van der Waals surface area (Å²) in [5, 5.41) is 82.3. The van der Waals surface area contributed by atoms with E-state index in [0.717, 1.165) is 0 Å². The average Bonchev–Trinajstić information content (AvgIpc) is 3.27. The lowest BCUT2D eigenvalue weighted by Gasteiger charge is -2.47. The van der Waals surface area contributed by atoms with E-state index in [1.165, 1.54) is 0 Å². The minimum absolute atomic E-state index is 0.0642. The van der Waals surface area contributed by atoms with E-state index >= 15 is 0 Å². The number of hydrogen-bond acceptors (Lipinski definition) is 19. The van der Waals surface area contributed by atoms with Crippen molar-refractivity contribution in [1.82, 2.24) is 0 Å². The van der Waals surface area contributed by atoms with Gasteiger partial charge >= 0.3 is 0 Å². The zero-order valence-electron chi connectivity index (χ0n) is 22.7. The van der Waals surface area contributed by atoms with Gasteiger partial charge in [-0.25, -0.2) is 0 Å². The summed E-state index contributed by atoms with van der Waals surface area (Å²) in [4.78, 5) is 0. The maximum atomic E-state index is 11.1. The van der Waals surface area contributed by atoms with Crippen molar-refractivity contribution in [2.45, 2.75) is 123 Å². The maximum Gasteiger partial charge on any atom is 0.187 e. The maximum absolute atomic E-state index is 11.1. The number of ether oxygens (including phenoxy) is 6. The van der Waals surface area contributed by atoms with Gasteiger partial charge in [-0.2, -0.15) is 0 Å². The summed E-state index contributed by atoms with van der Waals surface area (Å²) in [5.74, 6) is 0. The summed E-state index contributed by atoms with van der Waals surface area (Å²) in [6.07, 6.45) is -20.5. The van der Waals surface area contributed by atoms with Gasteiger partial charge < -0.3 is 97.9 Å². The number of rotatable bonds is 9. The minimum atomic E-state index is -1.62. The van der Waals surface area contributed by atoms with Crippen LogP contribution in [0, 0.1) is 0 Å². The molecular formula is C23H45N5O14. The molecule has 0 radical (unpaired) electrons. The van der Waals surface area contributed by atoms with Crippen LogP contribution >= 0.6 is 0 Å². The molecule has 246 valence electrons. The van der Waals surface area contributed by atoms with Gasteiger partial charge in [0.1, 0.15) is 67.1 Å². The highest BCUT2D eigenvalue weighted by Crippen LogP contribution is 2.34. The van der Waals surface area contributed by atoms with Gasteiger partial charge in [-0.3, -0.25) is 0 Å². The number of aliphatic hydroxyl groups is 8. The molecule has 0 aromatic carbocycles. The molecule has 4 aliphatic rings. The molecule has 0 bridgehead atoms. The molecular weight excluding hydrogens is 570 g/mol. The van der Waals surface area contributed by atoms with Gasteiger partial charge in [0.25, 0.3) is 0 Å². The summed E-state index contributed by atoms with van der Waals surface area (Å²) in [6.45, 7) is -1.49. The second kappa shape index (κ2) is 14.1. The minimum Gasteiger partial charge on any atom is -0.394 e. The first-order valence-corrected chi connectivity index (χ1v) is 13.8. The predicted octanol–water partition coefficient (Wildman–Crippen LogP) is -8.86. The van der Waals surface area contributed by atoms with Crippen LogP contribution in [-0.2, 0) is 28.4 Å². The quantitative estimate of drug-likeness (QED) is 0.114. The van der Waals surface area contributed by atoms with E-state index in [1.54, 1.807) is 0 Å². The molecule has 15 unspecified atom stereocenters.